The second-order valence-corrected chi connectivity index (χ2v) is 7.53. The fourth-order valence-electron chi connectivity index (χ4n) is 4.24. The van der Waals surface area contributed by atoms with Crippen LogP contribution in [0.5, 0.6) is 0 Å². The number of hydrogen-bond acceptors (Lipinski definition) is 1. The van der Waals surface area contributed by atoms with Gasteiger partial charge in [-0.05, 0) is 51.0 Å². The average molecular weight is 376 g/mol. The van der Waals surface area contributed by atoms with E-state index in [0.717, 1.165) is 27.8 Å². The second-order valence-electron chi connectivity index (χ2n) is 7.53. The fraction of sp³-hybridized carbons (Fsp3) is 0.174. The molecule has 3 aromatic carbocycles. The molecule has 4 rings (SSSR count). The molecule has 3 aromatic rings. The minimum absolute atomic E-state index is 0.535. The van der Waals surface area contributed by atoms with Crippen LogP contribution in [-0.4, -0.2) is 17.7 Å². The summed E-state index contributed by atoms with van der Waals surface area (Å²) < 4.78 is 33.6. The summed E-state index contributed by atoms with van der Waals surface area (Å²) in [5, 5.41) is 0. The van der Waals surface area contributed by atoms with Gasteiger partial charge in [-0.2, -0.15) is 0 Å². The van der Waals surface area contributed by atoms with Gasteiger partial charge < -0.3 is 17.9 Å². The number of rotatable bonds is 2. The number of hydrogen-bond donors (Lipinski definition) is 0. The number of aryl methyl sites for hydroxylation is 4. The highest BCUT2D eigenvalue weighted by Crippen LogP contribution is 2.43. The molecule has 0 amide bonds. The van der Waals surface area contributed by atoms with Crippen molar-refractivity contribution in [1.82, 2.24) is 0 Å². The van der Waals surface area contributed by atoms with Crippen LogP contribution in [0.4, 0.5) is 25.7 Å². The summed E-state index contributed by atoms with van der Waals surface area (Å²) in [6.07, 6.45) is 1.59. The molecule has 1 aliphatic rings. The Balaban J connectivity index is 2.06. The molecule has 0 radical (unpaired) electrons. The summed E-state index contributed by atoms with van der Waals surface area (Å²) in [6, 6.07) is 18.7. The third-order valence-corrected chi connectivity index (χ3v) is 5.50. The maximum atomic E-state index is 16.2. The molecule has 0 bridgehead atoms. The zero-order valence-electron chi connectivity index (χ0n) is 16.6. The molecule has 0 saturated carbocycles. The third-order valence-electron chi connectivity index (χ3n) is 5.50. The molecule has 1 heterocycles. The lowest BCUT2D eigenvalue weighted by Gasteiger charge is -2.42. The van der Waals surface area contributed by atoms with E-state index < -0.39 is 6.97 Å². The Kier molecular flexibility index (Phi) is 4.33. The topological polar surface area (TPSA) is 6.25 Å². The van der Waals surface area contributed by atoms with Gasteiger partial charge in [0, 0.05) is 22.5 Å². The van der Waals surface area contributed by atoms with Crippen molar-refractivity contribution < 1.29 is 13.1 Å². The molecule has 0 saturated heterocycles. The Morgan fingerprint density at radius 2 is 1.25 bits per heavy atom. The Labute approximate surface area is 164 Å². The maximum Gasteiger partial charge on any atom is 0.737 e. The summed E-state index contributed by atoms with van der Waals surface area (Å²) in [4.78, 5) is 1.24. The maximum absolute atomic E-state index is 16.2. The van der Waals surface area contributed by atoms with Crippen LogP contribution in [0.25, 0.3) is 0 Å². The van der Waals surface area contributed by atoms with E-state index in [0.29, 0.717) is 17.1 Å². The molecular weight excluding hydrogens is 353 g/mol. The van der Waals surface area contributed by atoms with Gasteiger partial charge in [0.15, 0.2) is 5.69 Å². The number of nitrogens with zero attached hydrogens (tertiary/aromatic N) is 2. The molecule has 0 unspecified atom stereocenters. The highest BCUT2D eigenvalue weighted by molar-refractivity contribution is 6.66. The van der Waals surface area contributed by atoms with Crippen LogP contribution in [0.1, 0.15) is 27.8 Å². The van der Waals surface area contributed by atoms with Crippen LogP contribution in [0, 0.1) is 27.7 Å². The van der Waals surface area contributed by atoms with Crippen molar-refractivity contribution in [3.05, 3.63) is 88.5 Å². The lowest BCUT2D eigenvalue weighted by atomic mass is 9.83. The second kappa shape index (κ2) is 6.59. The van der Waals surface area contributed by atoms with E-state index >= 15 is 8.63 Å². The lowest BCUT2D eigenvalue weighted by Crippen LogP contribution is -2.56. The monoisotopic (exact) mass is 376 g/mol. The van der Waals surface area contributed by atoms with E-state index in [4.69, 9.17) is 0 Å². The SMILES string of the molecule is Cc1cccc(C)c1N1c2ccccc2C=[N+](c2c(C)cccc2C)[B-]1(F)F. The van der Waals surface area contributed by atoms with Crippen molar-refractivity contribution in [3.63, 3.8) is 0 Å². The van der Waals surface area contributed by atoms with Crippen LogP contribution >= 0.6 is 0 Å². The quantitative estimate of drug-likeness (QED) is 0.482. The summed E-state index contributed by atoms with van der Waals surface area (Å²) in [7, 11) is 0. The minimum Gasteiger partial charge on any atom is -0.389 e. The fourth-order valence-corrected chi connectivity index (χ4v) is 4.24. The van der Waals surface area contributed by atoms with Gasteiger partial charge in [-0.1, -0.05) is 48.5 Å². The highest BCUT2D eigenvalue weighted by Gasteiger charge is 2.54. The number of benzene rings is 3. The largest absolute Gasteiger partial charge is 0.737 e. The van der Waals surface area contributed by atoms with Crippen molar-refractivity contribution in [2.75, 3.05) is 4.81 Å². The van der Waals surface area contributed by atoms with Crippen LogP contribution < -0.4 is 4.81 Å². The molecule has 142 valence electrons. The van der Waals surface area contributed by atoms with Gasteiger partial charge in [-0.25, -0.2) is 0 Å². The summed E-state index contributed by atoms with van der Waals surface area (Å²) >= 11 is 0. The molecule has 2 nitrogen and oxygen atoms in total. The van der Waals surface area contributed by atoms with Gasteiger partial charge in [0.05, 0.1) is 5.56 Å². The average Bonchev–Trinajstić information content (AvgIpc) is 2.63. The normalized spacial score (nSPS) is 15.2. The first-order chi connectivity index (χ1) is 13.3. The minimum atomic E-state index is -4.09. The van der Waals surface area contributed by atoms with Crippen LogP contribution in [0.3, 0.4) is 0 Å². The Morgan fingerprint density at radius 1 is 0.714 bits per heavy atom. The van der Waals surface area contributed by atoms with E-state index in [1.807, 2.05) is 82.3 Å². The summed E-state index contributed by atoms with van der Waals surface area (Å²) in [5.74, 6) is 0. The Morgan fingerprint density at radius 3 is 1.86 bits per heavy atom. The van der Waals surface area contributed by atoms with Gasteiger partial charge in [0.2, 0.25) is 0 Å². The summed E-state index contributed by atoms with van der Waals surface area (Å²) in [6.45, 7) is 3.45. The van der Waals surface area contributed by atoms with Crippen molar-refractivity contribution in [2.45, 2.75) is 27.7 Å². The predicted octanol–water partition coefficient (Wildman–Crippen LogP) is 6.21. The summed E-state index contributed by atoms with van der Waals surface area (Å²) in [5.41, 5.74) is 5.78. The van der Waals surface area contributed by atoms with Crippen LogP contribution in [-0.2, 0) is 0 Å². The number of fused-ring (bicyclic) bond motifs is 1. The van der Waals surface area contributed by atoms with Crippen molar-refractivity contribution in [2.24, 2.45) is 0 Å². The molecule has 0 atom stereocenters. The molecule has 0 aliphatic carbocycles. The number of para-hydroxylation sites is 3. The van der Waals surface area contributed by atoms with E-state index in [1.165, 1.54) is 9.30 Å². The molecule has 28 heavy (non-hydrogen) atoms. The smallest absolute Gasteiger partial charge is 0.389 e. The van der Waals surface area contributed by atoms with Crippen LogP contribution in [0.2, 0.25) is 0 Å². The molecular formula is C23H23BF2N2. The van der Waals surface area contributed by atoms with Crippen molar-refractivity contribution >= 4 is 30.2 Å². The number of anilines is 2. The molecule has 1 aliphatic heterocycles. The Bertz CT molecular complexity index is 1070. The van der Waals surface area contributed by atoms with E-state index in [2.05, 4.69) is 0 Å². The first kappa shape index (κ1) is 18.4. The lowest BCUT2D eigenvalue weighted by molar-refractivity contribution is -0.323. The van der Waals surface area contributed by atoms with Gasteiger partial charge in [-0.3, -0.25) is 0 Å². The van der Waals surface area contributed by atoms with E-state index in [1.54, 1.807) is 12.3 Å². The third kappa shape index (κ3) is 2.73. The van der Waals surface area contributed by atoms with E-state index in [-0.39, 0.29) is 0 Å². The number of halogens is 2. The van der Waals surface area contributed by atoms with Crippen molar-refractivity contribution in [3.8, 4) is 0 Å². The standard InChI is InChI=1S/C23H23BF2N2/c1-16-9-7-10-17(2)22(16)27-15-20-13-5-6-14-21(20)28(24(27,25)26)23-18(3)11-8-12-19(23)4/h5-15H,1-4H3. The zero-order valence-corrected chi connectivity index (χ0v) is 16.6. The zero-order chi connectivity index (χ0) is 20.1. The van der Waals surface area contributed by atoms with Gasteiger partial charge in [0.1, 0.15) is 6.21 Å². The molecule has 0 N–H and O–H groups in total. The van der Waals surface area contributed by atoms with Crippen molar-refractivity contribution in [1.29, 1.82) is 0 Å². The molecule has 0 aromatic heterocycles. The first-order valence-corrected chi connectivity index (χ1v) is 9.49. The van der Waals surface area contributed by atoms with Gasteiger partial charge in [0.25, 0.3) is 0 Å². The van der Waals surface area contributed by atoms with Gasteiger partial charge in [-0.15, -0.1) is 0 Å². The highest BCUT2D eigenvalue weighted by atomic mass is 19.2. The molecule has 5 heteroatoms. The Hall–Kier alpha value is -2.95. The van der Waals surface area contributed by atoms with E-state index in [9.17, 15) is 0 Å². The molecule has 0 spiro atoms. The predicted molar refractivity (Wildman–Crippen MR) is 113 cm³/mol. The van der Waals surface area contributed by atoms with Crippen LogP contribution in [0.15, 0.2) is 60.7 Å². The first-order valence-electron chi connectivity index (χ1n) is 9.49. The molecule has 0 fully saturated rings. The van der Waals surface area contributed by atoms with Gasteiger partial charge >= 0.3 is 6.97 Å².